The Balaban J connectivity index is 2.42. The predicted octanol–water partition coefficient (Wildman–Crippen LogP) is 3.60. The quantitative estimate of drug-likeness (QED) is 0.763. The molecule has 112 valence electrons. The molecule has 5 heteroatoms. The lowest BCUT2D eigenvalue weighted by Crippen LogP contribution is -2.06. The predicted molar refractivity (Wildman–Crippen MR) is 77.2 cm³/mol. The van der Waals surface area contributed by atoms with Gasteiger partial charge in [-0.2, -0.15) is 0 Å². The van der Waals surface area contributed by atoms with Gasteiger partial charge in [0.25, 0.3) is 0 Å². The zero-order chi connectivity index (χ0) is 15.2. The fourth-order valence-corrected chi connectivity index (χ4v) is 2.25. The molecule has 0 aliphatic heterocycles. The maximum Gasteiger partial charge on any atom is 0.379 e. The van der Waals surface area contributed by atoms with Crippen molar-refractivity contribution in [2.75, 3.05) is 20.3 Å². The summed E-state index contributed by atoms with van der Waals surface area (Å²) in [5.74, 6) is -0.479. The van der Waals surface area contributed by atoms with Crippen molar-refractivity contribution in [2.45, 2.75) is 13.3 Å². The molecule has 0 saturated heterocycles. The van der Waals surface area contributed by atoms with E-state index in [1.807, 2.05) is 24.3 Å². The molecule has 0 spiro atoms. The van der Waals surface area contributed by atoms with Gasteiger partial charge in [0, 0.05) is 30.0 Å². The van der Waals surface area contributed by atoms with Gasteiger partial charge in [-0.1, -0.05) is 24.3 Å². The summed E-state index contributed by atoms with van der Waals surface area (Å²) in [4.78, 5) is 14.9. The van der Waals surface area contributed by atoms with Gasteiger partial charge in [0.15, 0.2) is 0 Å². The van der Waals surface area contributed by atoms with Crippen LogP contribution in [0.2, 0.25) is 0 Å². The largest absolute Gasteiger partial charge is 0.493 e. The van der Waals surface area contributed by atoms with E-state index in [4.69, 9.17) is 9.47 Å². The summed E-state index contributed by atoms with van der Waals surface area (Å²) in [6, 6.07) is 9.03. The van der Waals surface area contributed by atoms with Crippen molar-refractivity contribution in [3.05, 3.63) is 41.5 Å². The number of halogens is 1. The van der Waals surface area contributed by atoms with Crippen LogP contribution in [0.25, 0.3) is 10.8 Å². The van der Waals surface area contributed by atoms with Gasteiger partial charge in [-0.15, -0.1) is 0 Å². The van der Waals surface area contributed by atoms with Gasteiger partial charge in [0.2, 0.25) is 0 Å². The number of aryl methyl sites for hydroxylation is 1. The molecule has 0 aromatic heterocycles. The number of benzene rings is 2. The van der Waals surface area contributed by atoms with Crippen LogP contribution in [0.4, 0.5) is 4.53 Å². The average Bonchev–Trinajstić information content (AvgIpc) is 2.53. The highest BCUT2D eigenvalue weighted by Crippen LogP contribution is 2.31. The van der Waals surface area contributed by atoms with Gasteiger partial charge in [-0.3, -0.25) is 0 Å². The van der Waals surface area contributed by atoms with E-state index < -0.39 is 5.97 Å². The van der Waals surface area contributed by atoms with Crippen LogP contribution in [0.15, 0.2) is 30.3 Å². The van der Waals surface area contributed by atoms with Crippen LogP contribution in [-0.2, 0) is 9.68 Å². The van der Waals surface area contributed by atoms with Crippen LogP contribution in [-0.4, -0.2) is 26.3 Å². The van der Waals surface area contributed by atoms with Crippen LogP contribution in [0, 0.1) is 6.92 Å². The van der Waals surface area contributed by atoms with E-state index in [0.29, 0.717) is 24.5 Å². The topological polar surface area (TPSA) is 44.8 Å². The summed E-state index contributed by atoms with van der Waals surface area (Å²) < 4.78 is 22.9. The molecule has 0 heterocycles. The van der Waals surface area contributed by atoms with Crippen LogP contribution in [0.1, 0.15) is 22.3 Å². The fraction of sp³-hybridized carbons (Fsp3) is 0.312. The second-order valence-corrected chi connectivity index (χ2v) is 4.65. The molecule has 2 aromatic rings. The molecular formula is C16H17FO4. The van der Waals surface area contributed by atoms with Crippen molar-refractivity contribution >= 4 is 16.7 Å². The monoisotopic (exact) mass is 292 g/mol. The molecule has 0 bridgehead atoms. The van der Waals surface area contributed by atoms with E-state index >= 15 is 0 Å². The highest BCUT2D eigenvalue weighted by molar-refractivity contribution is 6.01. The molecule has 2 aromatic carbocycles. The maximum atomic E-state index is 12.2. The van der Waals surface area contributed by atoms with Crippen molar-refractivity contribution in [3.63, 3.8) is 0 Å². The van der Waals surface area contributed by atoms with Gasteiger partial charge in [0.05, 0.1) is 12.2 Å². The van der Waals surface area contributed by atoms with Crippen LogP contribution >= 0.6 is 0 Å². The number of hydrogen-bond acceptors (Lipinski definition) is 4. The van der Waals surface area contributed by atoms with E-state index in [-0.39, 0.29) is 5.56 Å². The molecule has 0 aliphatic carbocycles. The Labute approximate surface area is 122 Å². The summed E-state index contributed by atoms with van der Waals surface area (Å²) in [5, 5.41) is 1.71. The number of fused-ring (bicyclic) bond motifs is 1. The number of hydrogen-bond donors (Lipinski definition) is 0. The minimum Gasteiger partial charge on any atom is -0.493 e. The van der Waals surface area contributed by atoms with Crippen molar-refractivity contribution < 1.29 is 23.7 Å². The van der Waals surface area contributed by atoms with E-state index in [0.717, 1.165) is 17.2 Å². The molecule has 0 saturated carbocycles. The smallest absolute Gasteiger partial charge is 0.379 e. The van der Waals surface area contributed by atoms with Crippen LogP contribution in [0.3, 0.4) is 0 Å². The molecule has 4 nitrogen and oxygen atoms in total. The van der Waals surface area contributed by atoms with E-state index in [1.54, 1.807) is 14.0 Å². The standard InChI is InChI=1S/C16H17FO4/c1-11-12-6-3-4-7-13(12)15(20-9-5-8-19-2)10-14(11)16(18)21-17/h3-4,6-7,10H,5,8-9H2,1-2H3. The summed E-state index contributed by atoms with van der Waals surface area (Å²) in [6.45, 7) is 2.79. The second kappa shape index (κ2) is 7.04. The van der Waals surface area contributed by atoms with Crippen molar-refractivity contribution in [3.8, 4) is 5.75 Å². The van der Waals surface area contributed by atoms with Gasteiger partial charge in [0.1, 0.15) is 5.75 Å². The number of carbonyl (C=O) groups excluding carboxylic acids is 1. The molecule has 0 radical (unpaired) electrons. The first kappa shape index (κ1) is 15.3. The highest BCUT2D eigenvalue weighted by Gasteiger charge is 2.17. The minimum atomic E-state index is -1.01. The molecule has 21 heavy (non-hydrogen) atoms. The third-order valence-electron chi connectivity index (χ3n) is 3.32. The Morgan fingerprint density at radius 1 is 1.19 bits per heavy atom. The first-order chi connectivity index (χ1) is 10.2. The third-order valence-corrected chi connectivity index (χ3v) is 3.32. The number of methoxy groups -OCH3 is 1. The van der Waals surface area contributed by atoms with Crippen LogP contribution < -0.4 is 4.74 Å². The van der Waals surface area contributed by atoms with Gasteiger partial charge < -0.3 is 9.47 Å². The number of carbonyl (C=O) groups is 1. The Morgan fingerprint density at radius 2 is 1.90 bits per heavy atom. The van der Waals surface area contributed by atoms with E-state index in [9.17, 15) is 9.32 Å². The van der Waals surface area contributed by atoms with E-state index in [2.05, 4.69) is 4.94 Å². The Bertz CT molecular complexity index is 639. The van der Waals surface area contributed by atoms with Crippen molar-refractivity contribution in [2.24, 2.45) is 0 Å². The van der Waals surface area contributed by atoms with Gasteiger partial charge in [-0.25, -0.2) is 9.74 Å². The molecule has 2 rings (SSSR count). The lowest BCUT2D eigenvalue weighted by molar-refractivity contribution is -0.0788. The Kier molecular flexibility index (Phi) is 5.11. The van der Waals surface area contributed by atoms with Crippen molar-refractivity contribution in [1.82, 2.24) is 0 Å². The minimum absolute atomic E-state index is 0.165. The molecule has 0 aliphatic rings. The molecular weight excluding hydrogens is 275 g/mol. The van der Waals surface area contributed by atoms with E-state index in [1.165, 1.54) is 6.07 Å². The zero-order valence-electron chi connectivity index (χ0n) is 12.0. The van der Waals surface area contributed by atoms with Gasteiger partial charge in [-0.05, 0) is 23.9 Å². The molecule has 0 fully saturated rings. The normalized spacial score (nSPS) is 10.6. The van der Waals surface area contributed by atoms with Gasteiger partial charge >= 0.3 is 5.97 Å². The molecule has 0 amide bonds. The fourth-order valence-electron chi connectivity index (χ4n) is 2.25. The highest BCUT2D eigenvalue weighted by atomic mass is 19.3. The zero-order valence-corrected chi connectivity index (χ0v) is 12.0. The van der Waals surface area contributed by atoms with Crippen molar-refractivity contribution in [1.29, 1.82) is 0 Å². The first-order valence-electron chi connectivity index (χ1n) is 6.66. The summed E-state index contributed by atoms with van der Waals surface area (Å²) in [7, 11) is 1.62. The summed E-state index contributed by atoms with van der Waals surface area (Å²) in [6.07, 6.45) is 0.724. The number of ether oxygens (including phenoxy) is 2. The Morgan fingerprint density at radius 3 is 2.57 bits per heavy atom. The Hall–Kier alpha value is -2.14. The second-order valence-electron chi connectivity index (χ2n) is 4.65. The molecule has 0 N–H and O–H groups in total. The molecule has 0 unspecified atom stereocenters. The first-order valence-corrected chi connectivity index (χ1v) is 6.66. The number of rotatable bonds is 6. The third kappa shape index (κ3) is 3.31. The maximum absolute atomic E-state index is 12.2. The molecule has 0 atom stereocenters. The van der Waals surface area contributed by atoms with Crippen LogP contribution in [0.5, 0.6) is 5.75 Å². The lowest BCUT2D eigenvalue weighted by Gasteiger charge is -2.13. The summed E-state index contributed by atoms with van der Waals surface area (Å²) >= 11 is 0. The lowest BCUT2D eigenvalue weighted by atomic mass is 9.99. The summed E-state index contributed by atoms with van der Waals surface area (Å²) in [5.41, 5.74) is 0.829. The SMILES string of the molecule is COCCCOc1cc(C(=O)OF)c(C)c2ccccc12. The average molecular weight is 292 g/mol.